The molecule has 10 amide bonds. The number of guanidine groups is 1. The Labute approximate surface area is 433 Å². The van der Waals surface area contributed by atoms with Crippen molar-refractivity contribution in [2.24, 2.45) is 39.6 Å². The summed E-state index contributed by atoms with van der Waals surface area (Å²) in [5, 5.41) is 27.6. The Hall–Kier alpha value is -7.13. The lowest BCUT2D eigenvalue weighted by Crippen LogP contribution is -2.61. The molecule has 8 atom stereocenters. The van der Waals surface area contributed by atoms with Gasteiger partial charge in [0.1, 0.15) is 48.0 Å². The maximum absolute atomic E-state index is 14.2. The van der Waals surface area contributed by atoms with E-state index in [4.69, 9.17) is 28.7 Å². The maximum atomic E-state index is 14.2. The summed E-state index contributed by atoms with van der Waals surface area (Å²) in [7, 11) is 0. The smallest absolute Gasteiger partial charge is 0.246 e. The number of phenols is 1. The van der Waals surface area contributed by atoms with E-state index >= 15 is 0 Å². The molecule has 1 fully saturated rings. The van der Waals surface area contributed by atoms with Crippen molar-refractivity contribution in [3.05, 3.63) is 65.7 Å². The predicted molar refractivity (Wildman–Crippen MR) is 275 cm³/mol. The first-order valence-corrected chi connectivity index (χ1v) is 24.6. The number of aromatic hydroxyl groups is 1. The number of aliphatic imine (C=N–C) groups is 1. The number of benzene rings is 2. The number of nitrogens with one attached hydrogen (secondary N) is 7. The number of nitrogens with two attached hydrogens (primary N) is 5. The van der Waals surface area contributed by atoms with Gasteiger partial charge in [-0.3, -0.25) is 52.9 Å². The minimum atomic E-state index is -1.69. The van der Waals surface area contributed by atoms with Crippen LogP contribution in [-0.2, 0) is 60.8 Å². The van der Waals surface area contributed by atoms with Crippen LogP contribution >= 0.6 is 25.3 Å². The van der Waals surface area contributed by atoms with Crippen LogP contribution < -0.4 is 65.9 Å². The van der Waals surface area contributed by atoms with E-state index in [9.17, 15) is 53.1 Å². The van der Waals surface area contributed by atoms with Gasteiger partial charge in [-0.25, -0.2) is 0 Å². The molecule has 2 aromatic carbocycles. The Kier molecular flexibility index (Phi) is 24.8. The topological polar surface area (TPSA) is 421 Å². The van der Waals surface area contributed by atoms with E-state index in [1.807, 2.05) is 0 Å². The van der Waals surface area contributed by atoms with Gasteiger partial charge in [0.2, 0.25) is 59.1 Å². The minimum Gasteiger partial charge on any atom is -0.508 e. The fourth-order valence-electron chi connectivity index (χ4n) is 7.53. The van der Waals surface area contributed by atoms with Crippen LogP contribution in [0.1, 0.15) is 57.1 Å². The number of amides is 10. The number of hydrogen-bond acceptors (Lipinski definition) is 15. The minimum absolute atomic E-state index is 0.0300. The highest BCUT2D eigenvalue weighted by molar-refractivity contribution is 7.80. The molecule has 27 heteroatoms. The summed E-state index contributed by atoms with van der Waals surface area (Å²) >= 11 is 8.34. The second-order valence-corrected chi connectivity index (χ2v) is 18.3. The van der Waals surface area contributed by atoms with E-state index in [1.165, 1.54) is 17.0 Å². The van der Waals surface area contributed by atoms with Crippen molar-refractivity contribution in [3.8, 4) is 5.75 Å². The van der Waals surface area contributed by atoms with E-state index in [0.717, 1.165) is 0 Å². The molecule has 0 aliphatic carbocycles. The van der Waals surface area contributed by atoms with Crippen LogP contribution in [0, 0.1) is 5.92 Å². The van der Waals surface area contributed by atoms with Crippen LogP contribution in [0.3, 0.4) is 0 Å². The molecule has 73 heavy (non-hydrogen) atoms. The average Bonchev–Trinajstić information content (AvgIpc) is 3.85. The first kappa shape index (κ1) is 60.2. The summed E-state index contributed by atoms with van der Waals surface area (Å²) in [5.74, 6) is -9.54. The Balaban J connectivity index is 1.82. The molecule has 0 spiro atoms. The number of phenolic OH excluding ortho intramolecular Hbond substituents is 1. The van der Waals surface area contributed by atoms with Gasteiger partial charge in [0, 0.05) is 37.4 Å². The highest BCUT2D eigenvalue weighted by atomic mass is 32.1. The van der Waals surface area contributed by atoms with E-state index in [1.54, 1.807) is 56.3 Å². The highest BCUT2D eigenvalue weighted by Gasteiger charge is 2.40. The number of primary amides is 2. The lowest BCUT2D eigenvalue weighted by molar-refractivity contribution is -0.142. The Morgan fingerprint density at radius 2 is 1.23 bits per heavy atom. The molecular formula is C46H68N14O11S2. The summed E-state index contributed by atoms with van der Waals surface area (Å²) in [6, 6.07) is 4.01. The zero-order valence-corrected chi connectivity index (χ0v) is 42.4. The molecular weight excluding hydrogens is 989 g/mol. The largest absolute Gasteiger partial charge is 0.508 e. The summed E-state index contributed by atoms with van der Waals surface area (Å²) in [4.78, 5) is 139. The third-order valence-electron chi connectivity index (χ3n) is 11.4. The molecule has 3 rings (SSSR count). The highest BCUT2D eigenvalue weighted by Crippen LogP contribution is 2.20. The molecule has 0 radical (unpaired) electrons. The fourth-order valence-corrected chi connectivity index (χ4v) is 7.94. The molecule has 0 aromatic heterocycles. The van der Waals surface area contributed by atoms with Gasteiger partial charge >= 0.3 is 0 Å². The standard InChI is InChI=1S/C46H68N14O11S2/c1-24(2)37(59-42(68)31(18-25-8-4-3-5-9-25)56-40(66)30(55-38(64)28(47)22-72)19-26-12-14-27(61)15-13-26)44(70)57-32(20-35(48)62)41(67)58-33(23-73)45(71)60-17-7-11-34(60)43(69)54-29(10-6-16-52-46(50)51)39(65)53-21-36(49)63/h3-5,8-9,12-15,24,28-34,37,61,72-73H,6-7,10-11,16-23,47H2,1-2H3,(H2,48,62)(H2,49,63)(H,53,65)(H,54,69)(H,55,64)(H,56,66)(H,57,70)(H,58,67)(H,59,68)(H4,50,51,52)/t28-,29+,30-,31-,32-,33-,34-,37-/m0/s1. The van der Waals surface area contributed by atoms with Gasteiger partial charge in [-0.05, 0) is 54.9 Å². The van der Waals surface area contributed by atoms with Gasteiger partial charge in [-0.15, -0.1) is 0 Å². The lowest BCUT2D eigenvalue weighted by Gasteiger charge is -2.30. The van der Waals surface area contributed by atoms with Crippen molar-refractivity contribution >= 4 is 90.3 Å². The summed E-state index contributed by atoms with van der Waals surface area (Å²) in [6.07, 6.45) is -0.0855. The Morgan fingerprint density at radius 3 is 1.79 bits per heavy atom. The quantitative estimate of drug-likeness (QED) is 0.0158. The molecule has 0 saturated carbocycles. The van der Waals surface area contributed by atoms with Crippen LogP contribution in [0.2, 0.25) is 0 Å². The molecule has 1 aliphatic rings. The van der Waals surface area contributed by atoms with Gasteiger partial charge in [-0.2, -0.15) is 25.3 Å². The van der Waals surface area contributed by atoms with Crippen LogP contribution in [0.4, 0.5) is 0 Å². The van der Waals surface area contributed by atoms with Crippen molar-refractivity contribution < 1.29 is 53.1 Å². The van der Waals surface area contributed by atoms with Gasteiger partial charge < -0.3 is 75.9 Å². The van der Waals surface area contributed by atoms with E-state index < -0.39 is 126 Å². The van der Waals surface area contributed by atoms with E-state index in [-0.39, 0.29) is 68.4 Å². The monoisotopic (exact) mass is 1060 g/mol. The van der Waals surface area contributed by atoms with Crippen molar-refractivity contribution in [2.45, 2.75) is 107 Å². The van der Waals surface area contributed by atoms with Crippen molar-refractivity contribution in [3.63, 3.8) is 0 Å². The van der Waals surface area contributed by atoms with Gasteiger partial charge in [0.15, 0.2) is 5.96 Å². The van der Waals surface area contributed by atoms with Crippen LogP contribution in [0.25, 0.3) is 0 Å². The molecule has 0 unspecified atom stereocenters. The zero-order valence-electron chi connectivity index (χ0n) is 40.6. The zero-order chi connectivity index (χ0) is 54.4. The molecule has 1 heterocycles. The number of carbonyl (C=O) groups excluding carboxylic acids is 10. The first-order valence-electron chi connectivity index (χ1n) is 23.4. The van der Waals surface area contributed by atoms with Gasteiger partial charge in [0.05, 0.1) is 19.0 Å². The Bertz CT molecular complexity index is 2290. The number of likely N-dealkylation sites (tertiary alicyclic amines) is 1. The summed E-state index contributed by atoms with van der Waals surface area (Å²) in [6.45, 7) is 2.87. The van der Waals surface area contributed by atoms with Crippen molar-refractivity contribution in [1.29, 1.82) is 0 Å². The van der Waals surface area contributed by atoms with Gasteiger partial charge in [0.25, 0.3) is 0 Å². The van der Waals surface area contributed by atoms with E-state index in [0.29, 0.717) is 17.5 Å². The maximum Gasteiger partial charge on any atom is 0.246 e. The van der Waals surface area contributed by atoms with E-state index in [2.05, 4.69) is 67.5 Å². The molecule has 0 bridgehead atoms. The number of carbonyl (C=O) groups is 10. The van der Waals surface area contributed by atoms with Gasteiger partial charge in [-0.1, -0.05) is 56.3 Å². The summed E-state index contributed by atoms with van der Waals surface area (Å²) < 4.78 is 0. The fraction of sp³-hybridized carbons (Fsp3) is 0.500. The molecule has 2 aromatic rings. The van der Waals surface area contributed by atoms with Crippen LogP contribution in [0.5, 0.6) is 5.75 Å². The Morgan fingerprint density at radius 1 is 0.671 bits per heavy atom. The number of hydrogen-bond donors (Lipinski definition) is 15. The molecule has 1 saturated heterocycles. The third-order valence-corrected chi connectivity index (χ3v) is 12.2. The second-order valence-electron chi connectivity index (χ2n) is 17.6. The van der Waals surface area contributed by atoms with Crippen molar-refractivity contribution in [2.75, 3.05) is 31.1 Å². The van der Waals surface area contributed by atoms with Crippen molar-refractivity contribution in [1.82, 2.24) is 42.1 Å². The summed E-state index contributed by atoms with van der Waals surface area (Å²) in [5.41, 5.74) is 28.5. The molecule has 18 N–H and O–H groups in total. The number of nitrogens with zero attached hydrogens (tertiary/aromatic N) is 2. The van der Waals surface area contributed by atoms with Crippen LogP contribution in [0.15, 0.2) is 59.6 Å². The number of rotatable bonds is 29. The molecule has 1 aliphatic heterocycles. The molecule has 400 valence electrons. The van der Waals surface area contributed by atoms with Crippen LogP contribution in [-0.4, -0.2) is 155 Å². The molecule has 25 nitrogen and oxygen atoms in total. The lowest BCUT2D eigenvalue weighted by atomic mass is 9.99. The second kappa shape index (κ2) is 30.0. The number of thiol groups is 2. The normalized spacial score (nSPS) is 15.9. The third kappa shape index (κ3) is 20.1. The predicted octanol–water partition coefficient (Wildman–Crippen LogP) is -4.55. The average molecular weight is 1060 g/mol. The first-order chi connectivity index (χ1) is 34.5. The SMILES string of the molecule is CC(C)[C@H](NC(=O)[C@H](Cc1ccccc1)NC(=O)[C@H](Cc1ccc(O)cc1)NC(=O)[C@@H](N)CS)C(=O)N[C@@H](CC(N)=O)C(=O)N[C@@H](CS)C(=O)N1CCC[C@H]1C(=O)N[C@H](CCCN=C(N)N)C(=O)NCC(N)=O.